The minimum Gasteiger partial charge on any atom is -0.378 e. The predicted molar refractivity (Wildman–Crippen MR) is 113 cm³/mol. The van der Waals surface area contributed by atoms with E-state index < -0.39 is 0 Å². The Morgan fingerprint density at radius 2 is 1.41 bits per heavy atom. The van der Waals surface area contributed by atoms with Gasteiger partial charge in [-0.3, -0.25) is 0 Å². The smallest absolute Gasteiger partial charge is 0.250 e. The maximum Gasteiger partial charge on any atom is 0.250 e. The summed E-state index contributed by atoms with van der Waals surface area (Å²) in [6.07, 6.45) is 5.53. The largest absolute Gasteiger partial charge is 0.378 e. The summed E-state index contributed by atoms with van der Waals surface area (Å²) in [5, 5.41) is 4.23. The van der Waals surface area contributed by atoms with E-state index in [9.17, 15) is 0 Å². The van der Waals surface area contributed by atoms with Crippen molar-refractivity contribution in [3.63, 3.8) is 0 Å². The van der Waals surface area contributed by atoms with Crippen molar-refractivity contribution in [3.8, 4) is 0 Å². The molecule has 9 heteroatoms. The van der Waals surface area contributed by atoms with E-state index in [1.807, 2.05) is 42.5 Å². The Balaban J connectivity index is 1.48. The van der Waals surface area contributed by atoms with Crippen LogP contribution in [-0.2, 0) is 9.47 Å². The highest BCUT2D eigenvalue weighted by atomic mass is 16.5. The highest BCUT2D eigenvalue weighted by molar-refractivity contribution is 5.78. The third-order valence-electron chi connectivity index (χ3n) is 4.61. The first-order chi connectivity index (χ1) is 14.4. The lowest BCUT2D eigenvalue weighted by molar-refractivity contribution is 0.121. The van der Waals surface area contributed by atoms with Crippen LogP contribution in [0.2, 0.25) is 0 Å². The molecular formula is C20H25N7O2. The zero-order chi connectivity index (χ0) is 19.7. The number of rotatable bonds is 6. The second kappa shape index (κ2) is 9.94. The molecule has 2 aromatic rings. The molecule has 2 aliphatic rings. The number of hydrazone groups is 1. The van der Waals surface area contributed by atoms with Crippen molar-refractivity contribution in [2.75, 3.05) is 67.8 Å². The molecule has 152 valence electrons. The summed E-state index contributed by atoms with van der Waals surface area (Å²) in [5.41, 5.74) is 4.04. The Bertz CT molecular complexity index is 796. The van der Waals surface area contributed by atoms with Crippen LogP contribution in [0.25, 0.3) is 6.08 Å². The molecule has 1 aromatic heterocycles. The van der Waals surface area contributed by atoms with E-state index in [4.69, 9.17) is 9.47 Å². The van der Waals surface area contributed by atoms with Crippen molar-refractivity contribution in [2.24, 2.45) is 5.10 Å². The van der Waals surface area contributed by atoms with Gasteiger partial charge < -0.3 is 19.3 Å². The van der Waals surface area contributed by atoms with Crippen LogP contribution in [0.5, 0.6) is 0 Å². The van der Waals surface area contributed by atoms with Gasteiger partial charge in [-0.05, 0) is 11.6 Å². The van der Waals surface area contributed by atoms with E-state index in [0.29, 0.717) is 44.3 Å². The third-order valence-corrected chi connectivity index (χ3v) is 4.61. The molecule has 2 saturated heterocycles. The summed E-state index contributed by atoms with van der Waals surface area (Å²) in [7, 11) is 0. The van der Waals surface area contributed by atoms with E-state index in [1.54, 1.807) is 6.21 Å². The average molecular weight is 395 g/mol. The summed E-state index contributed by atoms with van der Waals surface area (Å²) in [6, 6.07) is 10.1. The fourth-order valence-corrected chi connectivity index (χ4v) is 3.07. The minimum absolute atomic E-state index is 0.423. The molecule has 1 N–H and O–H groups in total. The maximum absolute atomic E-state index is 5.44. The lowest BCUT2D eigenvalue weighted by Crippen LogP contribution is -2.40. The number of nitrogens with zero attached hydrogens (tertiary/aromatic N) is 6. The fourth-order valence-electron chi connectivity index (χ4n) is 3.07. The summed E-state index contributed by atoms with van der Waals surface area (Å²) in [5.74, 6) is 1.71. The molecule has 2 fully saturated rings. The van der Waals surface area contributed by atoms with Gasteiger partial charge in [-0.1, -0.05) is 36.4 Å². The SMILES string of the molecule is C(=C\c1ccccc1)/C=N/Nc1nc(N2CCOCC2)nc(N2CCOCC2)n1. The molecule has 4 rings (SSSR count). The summed E-state index contributed by atoms with van der Waals surface area (Å²) < 4.78 is 10.9. The Morgan fingerprint density at radius 3 is 2.00 bits per heavy atom. The summed E-state index contributed by atoms with van der Waals surface area (Å²) in [6.45, 7) is 5.72. The van der Waals surface area contributed by atoms with Crippen LogP contribution in [0.4, 0.5) is 17.8 Å². The van der Waals surface area contributed by atoms with Crippen molar-refractivity contribution >= 4 is 30.1 Å². The van der Waals surface area contributed by atoms with Crippen molar-refractivity contribution in [1.82, 2.24) is 15.0 Å². The quantitative estimate of drug-likeness (QED) is 0.584. The van der Waals surface area contributed by atoms with E-state index in [0.717, 1.165) is 31.7 Å². The third kappa shape index (κ3) is 5.49. The van der Waals surface area contributed by atoms with Crippen LogP contribution >= 0.6 is 0 Å². The highest BCUT2D eigenvalue weighted by Gasteiger charge is 2.20. The Hall–Kier alpha value is -3.04. The molecule has 9 nitrogen and oxygen atoms in total. The number of morpholine rings is 2. The molecule has 0 aliphatic carbocycles. The molecule has 29 heavy (non-hydrogen) atoms. The summed E-state index contributed by atoms with van der Waals surface area (Å²) >= 11 is 0. The van der Waals surface area contributed by atoms with Gasteiger partial charge in [0.15, 0.2) is 0 Å². The van der Waals surface area contributed by atoms with Gasteiger partial charge in [0, 0.05) is 32.4 Å². The van der Waals surface area contributed by atoms with Gasteiger partial charge in [0.2, 0.25) is 17.8 Å². The van der Waals surface area contributed by atoms with Gasteiger partial charge in [0.25, 0.3) is 0 Å². The predicted octanol–water partition coefficient (Wildman–Crippen LogP) is 1.66. The maximum atomic E-state index is 5.44. The molecular weight excluding hydrogens is 370 g/mol. The van der Waals surface area contributed by atoms with Crippen LogP contribution in [0.15, 0.2) is 41.5 Å². The van der Waals surface area contributed by atoms with Gasteiger partial charge in [-0.25, -0.2) is 5.43 Å². The van der Waals surface area contributed by atoms with Gasteiger partial charge in [0.1, 0.15) is 0 Å². The Morgan fingerprint density at radius 1 is 0.828 bits per heavy atom. The molecule has 2 aliphatic heterocycles. The molecule has 3 heterocycles. The van der Waals surface area contributed by atoms with E-state index in [1.165, 1.54) is 0 Å². The van der Waals surface area contributed by atoms with E-state index in [2.05, 4.69) is 35.3 Å². The zero-order valence-electron chi connectivity index (χ0n) is 16.3. The molecule has 0 saturated carbocycles. The van der Waals surface area contributed by atoms with Gasteiger partial charge in [-0.2, -0.15) is 20.1 Å². The Kier molecular flexibility index (Phi) is 6.61. The molecule has 0 atom stereocenters. The first kappa shape index (κ1) is 19.3. The van der Waals surface area contributed by atoms with Crippen molar-refractivity contribution < 1.29 is 9.47 Å². The molecule has 0 unspecified atom stereocenters. The number of nitrogens with one attached hydrogen (secondary N) is 1. The topological polar surface area (TPSA) is 88.0 Å². The number of allylic oxidation sites excluding steroid dienone is 1. The number of benzene rings is 1. The molecule has 0 spiro atoms. The standard InChI is InChI=1S/C20H25N7O2/c1-2-5-17(6-3-1)7-4-8-21-25-18-22-19(26-9-13-28-14-10-26)24-20(23-18)27-11-15-29-16-12-27/h1-8H,9-16H2,(H,22,23,24,25)/b7-4+,21-8+. The first-order valence-corrected chi connectivity index (χ1v) is 9.81. The second-order valence-corrected chi connectivity index (χ2v) is 6.62. The Labute approximate surface area is 170 Å². The number of hydrogen-bond acceptors (Lipinski definition) is 9. The monoisotopic (exact) mass is 395 g/mol. The second-order valence-electron chi connectivity index (χ2n) is 6.62. The van der Waals surface area contributed by atoms with Crippen molar-refractivity contribution in [2.45, 2.75) is 0 Å². The van der Waals surface area contributed by atoms with Crippen LogP contribution < -0.4 is 15.2 Å². The van der Waals surface area contributed by atoms with E-state index >= 15 is 0 Å². The lowest BCUT2D eigenvalue weighted by atomic mass is 10.2. The fraction of sp³-hybridized carbons (Fsp3) is 0.400. The average Bonchev–Trinajstić information content (AvgIpc) is 2.80. The van der Waals surface area contributed by atoms with Gasteiger partial charge >= 0.3 is 0 Å². The van der Waals surface area contributed by atoms with Crippen molar-refractivity contribution in [3.05, 3.63) is 42.0 Å². The highest BCUT2D eigenvalue weighted by Crippen LogP contribution is 2.18. The molecule has 0 amide bonds. The van der Waals surface area contributed by atoms with Gasteiger partial charge in [0.05, 0.1) is 26.4 Å². The first-order valence-electron chi connectivity index (χ1n) is 9.81. The van der Waals surface area contributed by atoms with Crippen LogP contribution in [0.3, 0.4) is 0 Å². The van der Waals surface area contributed by atoms with Crippen LogP contribution in [0.1, 0.15) is 5.56 Å². The number of hydrogen-bond donors (Lipinski definition) is 1. The van der Waals surface area contributed by atoms with Crippen molar-refractivity contribution in [1.29, 1.82) is 0 Å². The number of anilines is 3. The van der Waals surface area contributed by atoms with Gasteiger partial charge in [-0.15, -0.1) is 0 Å². The van der Waals surface area contributed by atoms with Crippen LogP contribution in [-0.4, -0.2) is 73.8 Å². The van der Waals surface area contributed by atoms with E-state index in [-0.39, 0.29) is 0 Å². The molecule has 0 radical (unpaired) electrons. The summed E-state index contributed by atoms with van der Waals surface area (Å²) in [4.78, 5) is 18.0. The minimum atomic E-state index is 0.423. The van der Waals surface area contributed by atoms with Crippen LogP contribution in [0, 0.1) is 0 Å². The lowest BCUT2D eigenvalue weighted by Gasteiger charge is -2.30. The number of aromatic nitrogens is 3. The zero-order valence-corrected chi connectivity index (χ0v) is 16.3. The number of ether oxygens (including phenoxy) is 2. The molecule has 0 bridgehead atoms. The normalized spacial score (nSPS) is 17.9. The molecule has 1 aromatic carbocycles.